The van der Waals surface area contributed by atoms with E-state index in [1.54, 1.807) is 0 Å². The van der Waals surface area contributed by atoms with Gasteiger partial charge in [-0.2, -0.15) is 4.98 Å². The topological polar surface area (TPSA) is 34.1 Å². The molecule has 0 radical (unpaired) electrons. The number of nitrogens with one attached hydrogen (secondary N) is 1. The molecule has 0 aliphatic rings. The lowest BCUT2D eigenvalue weighted by Gasteiger charge is -2.16. The van der Waals surface area contributed by atoms with Crippen LogP contribution in [0.15, 0.2) is 18.2 Å². The highest BCUT2D eigenvalue weighted by molar-refractivity contribution is 5.37. The molecule has 0 aromatic carbocycles. The third kappa shape index (κ3) is 4.51. The van der Waals surface area contributed by atoms with E-state index in [4.69, 9.17) is 4.74 Å². The molecule has 1 rings (SSSR count). The molecule has 3 heteroatoms. The molecule has 16 heavy (non-hydrogen) atoms. The summed E-state index contributed by atoms with van der Waals surface area (Å²) in [4.78, 5) is 4.38. The molecule has 0 amide bonds. The van der Waals surface area contributed by atoms with Crippen LogP contribution in [0, 0.1) is 5.92 Å². The van der Waals surface area contributed by atoms with Crippen molar-refractivity contribution >= 4 is 5.82 Å². The quantitative estimate of drug-likeness (QED) is 0.801. The Labute approximate surface area is 98.2 Å². The van der Waals surface area contributed by atoms with E-state index in [0.29, 0.717) is 24.4 Å². The Kier molecular flexibility index (Phi) is 5.09. The van der Waals surface area contributed by atoms with Crippen LogP contribution >= 0.6 is 0 Å². The predicted octanol–water partition coefficient (Wildman–Crippen LogP) is 3.33. The van der Waals surface area contributed by atoms with E-state index in [2.05, 4.69) is 31.1 Å². The van der Waals surface area contributed by atoms with Crippen molar-refractivity contribution in [2.45, 2.75) is 40.2 Å². The largest absolute Gasteiger partial charge is 0.478 e. The molecule has 0 aliphatic heterocycles. The molecule has 3 nitrogen and oxygen atoms in total. The molecule has 1 atom stereocenters. The first-order valence-electron chi connectivity index (χ1n) is 5.98. The Hall–Kier alpha value is -1.25. The van der Waals surface area contributed by atoms with Crippen LogP contribution in [0.2, 0.25) is 0 Å². The number of pyridine rings is 1. The number of ether oxygens (including phenoxy) is 1. The summed E-state index contributed by atoms with van der Waals surface area (Å²) in [6.07, 6.45) is 1.14. The Bertz CT molecular complexity index is 313. The zero-order chi connectivity index (χ0) is 12.0. The number of hydrogen-bond donors (Lipinski definition) is 1. The van der Waals surface area contributed by atoms with Gasteiger partial charge in [0.2, 0.25) is 5.88 Å². The summed E-state index contributed by atoms with van der Waals surface area (Å²) in [5.74, 6) is 2.26. The molecule has 0 aliphatic carbocycles. The van der Waals surface area contributed by atoms with Gasteiger partial charge in [0.25, 0.3) is 0 Å². The lowest BCUT2D eigenvalue weighted by atomic mass is 10.1. The lowest BCUT2D eigenvalue weighted by molar-refractivity contribution is 0.327. The number of anilines is 1. The summed E-state index contributed by atoms with van der Waals surface area (Å²) in [6, 6.07) is 6.24. The number of rotatable bonds is 6. The second kappa shape index (κ2) is 6.36. The predicted molar refractivity (Wildman–Crippen MR) is 67.9 cm³/mol. The third-order valence-electron chi connectivity index (χ3n) is 2.24. The van der Waals surface area contributed by atoms with Crippen LogP contribution in [0.5, 0.6) is 5.88 Å². The van der Waals surface area contributed by atoms with Crippen molar-refractivity contribution in [2.75, 3.05) is 11.9 Å². The zero-order valence-electron chi connectivity index (χ0n) is 10.7. The van der Waals surface area contributed by atoms with Gasteiger partial charge in [0.1, 0.15) is 5.82 Å². The Morgan fingerprint density at radius 3 is 2.69 bits per heavy atom. The van der Waals surface area contributed by atoms with Gasteiger partial charge in [-0.25, -0.2) is 0 Å². The Balaban J connectivity index is 2.55. The van der Waals surface area contributed by atoms with Gasteiger partial charge in [0, 0.05) is 12.1 Å². The highest BCUT2D eigenvalue weighted by atomic mass is 16.5. The van der Waals surface area contributed by atoms with Gasteiger partial charge in [0.15, 0.2) is 0 Å². The molecule has 1 aromatic rings. The molecule has 1 heterocycles. The Morgan fingerprint density at radius 2 is 2.06 bits per heavy atom. The average Bonchev–Trinajstić information content (AvgIpc) is 2.17. The summed E-state index contributed by atoms with van der Waals surface area (Å²) >= 11 is 0. The SMILES string of the molecule is CCOc1cccc(NC(C)CC(C)C)n1. The maximum Gasteiger partial charge on any atom is 0.215 e. The van der Waals surface area contributed by atoms with E-state index in [0.717, 1.165) is 12.2 Å². The maximum atomic E-state index is 5.36. The van der Waals surface area contributed by atoms with Crippen LogP contribution < -0.4 is 10.1 Å². The monoisotopic (exact) mass is 222 g/mol. The van der Waals surface area contributed by atoms with E-state index in [1.165, 1.54) is 0 Å². The molecule has 90 valence electrons. The highest BCUT2D eigenvalue weighted by Crippen LogP contribution is 2.14. The van der Waals surface area contributed by atoms with Gasteiger partial charge in [-0.15, -0.1) is 0 Å². The summed E-state index contributed by atoms with van der Waals surface area (Å²) < 4.78 is 5.36. The molecular weight excluding hydrogens is 200 g/mol. The number of aromatic nitrogens is 1. The highest BCUT2D eigenvalue weighted by Gasteiger charge is 2.06. The third-order valence-corrected chi connectivity index (χ3v) is 2.24. The van der Waals surface area contributed by atoms with Crippen molar-refractivity contribution in [1.29, 1.82) is 0 Å². The summed E-state index contributed by atoms with van der Waals surface area (Å²) in [7, 11) is 0. The first kappa shape index (κ1) is 12.8. The number of hydrogen-bond acceptors (Lipinski definition) is 3. The molecule has 0 saturated heterocycles. The van der Waals surface area contributed by atoms with Gasteiger partial charge in [-0.1, -0.05) is 19.9 Å². The van der Waals surface area contributed by atoms with Gasteiger partial charge < -0.3 is 10.1 Å². The zero-order valence-corrected chi connectivity index (χ0v) is 10.7. The maximum absolute atomic E-state index is 5.36. The van der Waals surface area contributed by atoms with Crippen LogP contribution in [0.25, 0.3) is 0 Å². The summed E-state index contributed by atoms with van der Waals surface area (Å²) in [5.41, 5.74) is 0. The molecule has 1 aromatic heterocycles. The van der Waals surface area contributed by atoms with Crippen LogP contribution in [0.3, 0.4) is 0 Å². The van der Waals surface area contributed by atoms with Crippen molar-refractivity contribution in [3.05, 3.63) is 18.2 Å². The normalized spacial score (nSPS) is 12.6. The van der Waals surface area contributed by atoms with E-state index in [9.17, 15) is 0 Å². The number of nitrogens with zero attached hydrogens (tertiary/aromatic N) is 1. The Morgan fingerprint density at radius 1 is 1.31 bits per heavy atom. The summed E-state index contributed by atoms with van der Waals surface area (Å²) in [5, 5.41) is 3.38. The fourth-order valence-corrected chi connectivity index (χ4v) is 1.74. The van der Waals surface area contributed by atoms with Crippen LogP contribution in [-0.2, 0) is 0 Å². The van der Waals surface area contributed by atoms with Crippen molar-refractivity contribution < 1.29 is 4.74 Å². The standard InChI is InChI=1S/C13H22N2O/c1-5-16-13-8-6-7-12(15-13)14-11(4)9-10(2)3/h6-8,10-11H,5,9H2,1-4H3,(H,14,15). The minimum Gasteiger partial charge on any atom is -0.478 e. The van der Waals surface area contributed by atoms with Gasteiger partial charge in [-0.05, 0) is 32.3 Å². The van der Waals surface area contributed by atoms with E-state index in [1.807, 2.05) is 25.1 Å². The van der Waals surface area contributed by atoms with Crippen LogP contribution in [0.4, 0.5) is 5.82 Å². The van der Waals surface area contributed by atoms with Gasteiger partial charge >= 0.3 is 0 Å². The minimum atomic E-state index is 0.435. The molecule has 0 bridgehead atoms. The fourth-order valence-electron chi connectivity index (χ4n) is 1.74. The van der Waals surface area contributed by atoms with Crippen LogP contribution in [0.1, 0.15) is 34.1 Å². The molecule has 1 unspecified atom stereocenters. The van der Waals surface area contributed by atoms with Crippen molar-refractivity contribution in [3.8, 4) is 5.88 Å². The molecule has 0 saturated carbocycles. The first-order chi connectivity index (χ1) is 7.61. The van der Waals surface area contributed by atoms with Crippen molar-refractivity contribution in [3.63, 3.8) is 0 Å². The molecule has 1 N–H and O–H groups in total. The van der Waals surface area contributed by atoms with Crippen LogP contribution in [-0.4, -0.2) is 17.6 Å². The minimum absolute atomic E-state index is 0.435. The fraction of sp³-hybridized carbons (Fsp3) is 0.615. The van der Waals surface area contributed by atoms with E-state index in [-0.39, 0.29) is 0 Å². The summed E-state index contributed by atoms with van der Waals surface area (Å²) in [6.45, 7) is 9.24. The first-order valence-corrected chi connectivity index (χ1v) is 5.98. The van der Waals surface area contributed by atoms with Gasteiger partial charge in [-0.3, -0.25) is 0 Å². The smallest absolute Gasteiger partial charge is 0.215 e. The van der Waals surface area contributed by atoms with Gasteiger partial charge in [0.05, 0.1) is 6.61 Å². The molecule has 0 fully saturated rings. The molecule has 0 spiro atoms. The second-order valence-corrected chi connectivity index (χ2v) is 4.47. The van der Waals surface area contributed by atoms with E-state index < -0.39 is 0 Å². The average molecular weight is 222 g/mol. The molecular formula is C13H22N2O. The van der Waals surface area contributed by atoms with E-state index >= 15 is 0 Å². The van der Waals surface area contributed by atoms with Crippen molar-refractivity contribution in [1.82, 2.24) is 4.98 Å². The van der Waals surface area contributed by atoms with Crippen molar-refractivity contribution in [2.24, 2.45) is 5.92 Å². The lowest BCUT2D eigenvalue weighted by Crippen LogP contribution is -2.18. The second-order valence-electron chi connectivity index (χ2n) is 4.47.